The molecule has 122 valence electrons. The van der Waals surface area contributed by atoms with Crippen LogP contribution in [0.3, 0.4) is 0 Å². The van der Waals surface area contributed by atoms with Gasteiger partial charge in [-0.15, -0.1) is 0 Å². The Morgan fingerprint density at radius 3 is 2.78 bits per heavy atom. The number of hydrogen-bond donors (Lipinski definition) is 1. The van der Waals surface area contributed by atoms with Crippen LogP contribution in [0.1, 0.15) is 44.5 Å². The molecule has 0 spiro atoms. The first-order valence-electron chi connectivity index (χ1n) is 7.94. The fraction of sp³-hybridized carbons (Fsp3) is 0.471. The van der Waals surface area contributed by atoms with Crippen LogP contribution in [-0.2, 0) is 11.8 Å². The first-order valence-corrected chi connectivity index (χ1v) is 8.31. The summed E-state index contributed by atoms with van der Waals surface area (Å²) in [6, 6.07) is 4.70. The molecular formula is C17H20ClN3O2. The number of benzene rings is 1. The number of nitrogens with zero attached hydrogens (tertiary/aromatic N) is 2. The fourth-order valence-electron chi connectivity index (χ4n) is 3.23. The number of hydrogen-bond acceptors (Lipinski definition) is 3. The zero-order chi connectivity index (χ0) is 16.6. The third-order valence-corrected chi connectivity index (χ3v) is 4.78. The van der Waals surface area contributed by atoms with Gasteiger partial charge in [-0.25, -0.2) is 4.98 Å². The Bertz CT molecular complexity index is 809. The topological polar surface area (TPSA) is 64.0 Å². The van der Waals surface area contributed by atoms with Crippen molar-refractivity contribution in [2.45, 2.75) is 38.6 Å². The standard InChI is InChI=1S/C17H20ClN3O2/c1-10(19-16(22)11-5-3-4-6-11)15-20-14-9-12(18)7-8-13(14)17(23)21(15)2/h7-11H,3-6H2,1-2H3,(H,19,22). The number of nitrogens with one attached hydrogen (secondary N) is 1. The number of amides is 1. The first kappa shape index (κ1) is 16.0. The van der Waals surface area contributed by atoms with Gasteiger partial charge in [0.25, 0.3) is 5.56 Å². The second-order valence-corrected chi connectivity index (χ2v) is 6.64. The predicted molar refractivity (Wildman–Crippen MR) is 90.5 cm³/mol. The summed E-state index contributed by atoms with van der Waals surface area (Å²) in [5.74, 6) is 0.677. The van der Waals surface area contributed by atoms with E-state index in [1.54, 1.807) is 25.2 Å². The Hall–Kier alpha value is -1.88. The van der Waals surface area contributed by atoms with Crippen molar-refractivity contribution in [3.63, 3.8) is 0 Å². The summed E-state index contributed by atoms with van der Waals surface area (Å²) in [6.07, 6.45) is 4.10. The van der Waals surface area contributed by atoms with Crippen molar-refractivity contribution in [1.82, 2.24) is 14.9 Å². The predicted octanol–water partition coefficient (Wildman–Crippen LogP) is 2.95. The lowest BCUT2D eigenvalue weighted by molar-refractivity contribution is -0.125. The zero-order valence-corrected chi connectivity index (χ0v) is 14.1. The lowest BCUT2D eigenvalue weighted by Gasteiger charge is -2.19. The van der Waals surface area contributed by atoms with Gasteiger partial charge < -0.3 is 5.32 Å². The van der Waals surface area contributed by atoms with Crippen molar-refractivity contribution in [2.24, 2.45) is 13.0 Å². The molecule has 1 fully saturated rings. The van der Waals surface area contributed by atoms with Crippen molar-refractivity contribution >= 4 is 28.4 Å². The van der Waals surface area contributed by atoms with Crippen LogP contribution in [0, 0.1) is 5.92 Å². The molecule has 2 aromatic rings. The summed E-state index contributed by atoms with van der Waals surface area (Å²) < 4.78 is 1.50. The van der Waals surface area contributed by atoms with E-state index in [9.17, 15) is 9.59 Å². The molecular weight excluding hydrogens is 314 g/mol. The van der Waals surface area contributed by atoms with Crippen LogP contribution < -0.4 is 10.9 Å². The van der Waals surface area contributed by atoms with Gasteiger partial charge in [-0.05, 0) is 38.0 Å². The molecule has 5 nitrogen and oxygen atoms in total. The molecule has 1 aliphatic carbocycles. The molecule has 6 heteroatoms. The second kappa shape index (κ2) is 6.32. The normalized spacial score (nSPS) is 16.7. The van der Waals surface area contributed by atoms with Crippen LogP contribution in [-0.4, -0.2) is 15.5 Å². The highest BCUT2D eigenvalue weighted by molar-refractivity contribution is 6.31. The van der Waals surface area contributed by atoms with E-state index < -0.39 is 0 Å². The molecule has 1 aliphatic rings. The minimum atomic E-state index is -0.329. The summed E-state index contributed by atoms with van der Waals surface area (Å²) in [6.45, 7) is 1.85. The van der Waals surface area contributed by atoms with Gasteiger partial charge in [-0.2, -0.15) is 0 Å². The van der Waals surface area contributed by atoms with E-state index in [1.807, 2.05) is 6.92 Å². The molecule has 0 aliphatic heterocycles. The van der Waals surface area contributed by atoms with Gasteiger partial charge in [0, 0.05) is 18.0 Å². The van der Waals surface area contributed by atoms with Gasteiger partial charge in [-0.3, -0.25) is 14.2 Å². The average Bonchev–Trinajstić information content (AvgIpc) is 3.05. The highest BCUT2D eigenvalue weighted by Crippen LogP contribution is 2.25. The third kappa shape index (κ3) is 3.11. The maximum Gasteiger partial charge on any atom is 0.261 e. The molecule has 3 rings (SSSR count). The molecule has 1 heterocycles. The summed E-state index contributed by atoms with van der Waals surface area (Å²) in [5, 5.41) is 4.05. The van der Waals surface area contributed by atoms with Crippen molar-refractivity contribution in [1.29, 1.82) is 0 Å². The van der Waals surface area contributed by atoms with E-state index in [4.69, 9.17) is 11.6 Å². The average molecular weight is 334 g/mol. The number of rotatable bonds is 3. The molecule has 1 saturated carbocycles. The van der Waals surface area contributed by atoms with Crippen LogP contribution in [0.2, 0.25) is 5.02 Å². The third-order valence-electron chi connectivity index (χ3n) is 4.55. The lowest BCUT2D eigenvalue weighted by atomic mass is 10.1. The Morgan fingerprint density at radius 1 is 1.39 bits per heavy atom. The van der Waals surface area contributed by atoms with Crippen LogP contribution in [0.15, 0.2) is 23.0 Å². The Morgan fingerprint density at radius 2 is 2.09 bits per heavy atom. The monoisotopic (exact) mass is 333 g/mol. The smallest absolute Gasteiger partial charge is 0.261 e. The highest BCUT2D eigenvalue weighted by atomic mass is 35.5. The number of carbonyl (C=O) groups excluding carboxylic acids is 1. The SMILES string of the molecule is CC(NC(=O)C1CCCC1)c1nc2cc(Cl)ccc2c(=O)n1C. The minimum absolute atomic E-state index is 0.0513. The van der Waals surface area contributed by atoms with E-state index in [0.29, 0.717) is 21.7 Å². The zero-order valence-electron chi connectivity index (χ0n) is 13.3. The quantitative estimate of drug-likeness (QED) is 0.939. The summed E-state index contributed by atoms with van der Waals surface area (Å²) in [5.41, 5.74) is 0.418. The van der Waals surface area contributed by atoms with Crippen LogP contribution in [0.5, 0.6) is 0 Å². The van der Waals surface area contributed by atoms with Gasteiger partial charge in [0.1, 0.15) is 5.82 Å². The number of carbonyl (C=O) groups is 1. The molecule has 1 amide bonds. The van der Waals surface area contributed by atoms with E-state index in [-0.39, 0.29) is 23.4 Å². The molecule has 0 bridgehead atoms. The molecule has 1 unspecified atom stereocenters. The Balaban J connectivity index is 1.93. The van der Waals surface area contributed by atoms with E-state index in [1.165, 1.54) is 4.57 Å². The highest BCUT2D eigenvalue weighted by Gasteiger charge is 2.25. The minimum Gasteiger partial charge on any atom is -0.346 e. The Labute approximate surface area is 139 Å². The van der Waals surface area contributed by atoms with Crippen molar-refractivity contribution < 1.29 is 4.79 Å². The molecule has 1 N–H and O–H groups in total. The van der Waals surface area contributed by atoms with Gasteiger partial charge in [0.15, 0.2) is 0 Å². The summed E-state index contributed by atoms with van der Waals surface area (Å²) in [7, 11) is 1.68. The van der Waals surface area contributed by atoms with Crippen LogP contribution >= 0.6 is 11.6 Å². The van der Waals surface area contributed by atoms with E-state index in [0.717, 1.165) is 25.7 Å². The molecule has 23 heavy (non-hydrogen) atoms. The number of halogens is 1. The van der Waals surface area contributed by atoms with Crippen LogP contribution in [0.25, 0.3) is 10.9 Å². The number of fused-ring (bicyclic) bond motifs is 1. The van der Waals surface area contributed by atoms with Crippen molar-refractivity contribution in [2.75, 3.05) is 0 Å². The summed E-state index contributed by atoms with van der Waals surface area (Å²) >= 11 is 5.99. The molecule has 1 aromatic carbocycles. The summed E-state index contributed by atoms with van der Waals surface area (Å²) in [4.78, 5) is 29.3. The molecule has 0 radical (unpaired) electrons. The molecule has 0 saturated heterocycles. The maximum atomic E-state index is 12.5. The van der Waals surface area contributed by atoms with Crippen LogP contribution in [0.4, 0.5) is 0 Å². The first-order chi connectivity index (χ1) is 11.0. The van der Waals surface area contributed by atoms with Gasteiger partial charge in [-0.1, -0.05) is 24.4 Å². The fourth-order valence-corrected chi connectivity index (χ4v) is 3.40. The maximum absolute atomic E-state index is 12.5. The number of aromatic nitrogens is 2. The molecule has 1 atom stereocenters. The van der Waals surface area contributed by atoms with Crippen molar-refractivity contribution in [3.8, 4) is 0 Å². The lowest BCUT2D eigenvalue weighted by Crippen LogP contribution is -2.35. The van der Waals surface area contributed by atoms with Gasteiger partial charge >= 0.3 is 0 Å². The van der Waals surface area contributed by atoms with Gasteiger partial charge in [0.05, 0.1) is 16.9 Å². The van der Waals surface area contributed by atoms with Crippen molar-refractivity contribution in [3.05, 3.63) is 39.4 Å². The Kier molecular flexibility index (Phi) is 4.39. The molecule has 1 aromatic heterocycles. The second-order valence-electron chi connectivity index (χ2n) is 6.21. The van der Waals surface area contributed by atoms with E-state index in [2.05, 4.69) is 10.3 Å². The van der Waals surface area contributed by atoms with E-state index >= 15 is 0 Å². The largest absolute Gasteiger partial charge is 0.346 e. The van der Waals surface area contributed by atoms with Gasteiger partial charge in [0.2, 0.25) is 5.91 Å².